The van der Waals surface area contributed by atoms with Gasteiger partial charge in [-0.25, -0.2) is 4.79 Å². The maximum atomic E-state index is 11.9. The number of Topliss-reactive ketones (excluding diaryl/α,β-unsaturated/α-hetero) is 2. The van der Waals surface area contributed by atoms with Crippen LogP contribution in [0.4, 0.5) is 5.69 Å². The summed E-state index contributed by atoms with van der Waals surface area (Å²) in [6.45, 7) is 1.45. The minimum Gasteiger partial charge on any atom is -0.462 e. The van der Waals surface area contributed by atoms with Crippen molar-refractivity contribution >= 4 is 23.2 Å². The van der Waals surface area contributed by atoms with E-state index < -0.39 is 5.97 Å². The number of anilines is 1. The van der Waals surface area contributed by atoms with Gasteiger partial charge in [-0.2, -0.15) is 0 Å². The molecule has 2 rings (SSSR count). The number of ether oxygens (including phenoxy) is 1. The van der Waals surface area contributed by atoms with Crippen molar-refractivity contribution in [3.63, 3.8) is 0 Å². The van der Waals surface area contributed by atoms with Crippen LogP contribution in [0, 0.1) is 0 Å². The highest BCUT2D eigenvalue weighted by Crippen LogP contribution is 2.27. The number of allylic oxidation sites excluding steroid dienone is 1. The van der Waals surface area contributed by atoms with E-state index in [1.54, 1.807) is 24.3 Å². The fourth-order valence-electron chi connectivity index (χ4n) is 1.69. The lowest BCUT2D eigenvalue weighted by molar-refractivity contribution is -0.138. The zero-order chi connectivity index (χ0) is 13.8. The van der Waals surface area contributed by atoms with Crippen LogP contribution in [0.1, 0.15) is 23.7 Å². The fourth-order valence-corrected chi connectivity index (χ4v) is 1.69. The quantitative estimate of drug-likeness (QED) is 0.658. The molecule has 0 amide bonds. The molecule has 1 aliphatic rings. The maximum Gasteiger partial charge on any atom is 0.333 e. The Morgan fingerprint density at radius 3 is 2.74 bits per heavy atom. The standard InChI is InChI=1S/C14H13NO4/c1-9(16)6-7-19-13(17)8-12-14(18)10-4-2-3-5-11(10)15-12/h2-5,8,15H,6-7H2,1H3/b12-8-. The Kier molecular flexibility index (Phi) is 3.75. The Labute approximate surface area is 110 Å². The monoisotopic (exact) mass is 259 g/mol. The summed E-state index contributed by atoms with van der Waals surface area (Å²) in [5.74, 6) is -0.924. The van der Waals surface area contributed by atoms with E-state index in [-0.39, 0.29) is 30.3 Å². The average Bonchev–Trinajstić information content (AvgIpc) is 2.66. The van der Waals surface area contributed by atoms with Gasteiger partial charge < -0.3 is 10.1 Å². The number of fused-ring (bicyclic) bond motifs is 1. The molecule has 0 bridgehead atoms. The van der Waals surface area contributed by atoms with E-state index in [9.17, 15) is 14.4 Å². The predicted octanol–water partition coefficient (Wildman–Crippen LogP) is 1.70. The van der Waals surface area contributed by atoms with Crippen molar-refractivity contribution in [2.45, 2.75) is 13.3 Å². The van der Waals surface area contributed by atoms with Crippen LogP contribution >= 0.6 is 0 Å². The van der Waals surface area contributed by atoms with Crippen molar-refractivity contribution in [3.05, 3.63) is 41.6 Å². The molecule has 1 N–H and O–H groups in total. The Bertz CT molecular complexity index is 575. The number of esters is 1. The first-order valence-corrected chi connectivity index (χ1v) is 5.86. The number of rotatable bonds is 4. The molecule has 1 aliphatic heterocycles. The zero-order valence-corrected chi connectivity index (χ0v) is 10.4. The summed E-state index contributed by atoms with van der Waals surface area (Å²) in [5, 5.41) is 2.86. The fraction of sp³-hybridized carbons (Fsp3) is 0.214. The van der Waals surface area contributed by atoms with E-state index >= 15 is 0 Å². The number of para-hydroxylation sites is 1. The normalized spacial score (nSPS) is 15.0. The van der Waals surface area contributed by atoms with Crippen LogP contribution in [0.5, 0.6) is 0 Å². The summed E-state index contributed by atoms with van der Waals surface area (Å²) in [6, 6.07) is 7.00. The van der Waals surface area contributed by atoms with Gasteiger partial charge in [0.25, 0.3) is 0 Å². The summed E-state index contributed by atoms with van der Waals surface area (Å²) < 4.78 is 4.83. The molecular formula is C14H13NO4. The smallest absolute Gasteiger partial charge is 0.333 e. The topological polar surface area (TPSA) is 72.5 Å². The van der Waals surface area contributed by atoms with Crippen molar-refractivity contribution in [2.75, 3.05) is 11.9 Å². The van der Waals surface area contributed by atoms with Crippen LogP contribution in [-0.4, -0.2) is 24.1 Å². The Hall–Kier alpha value is -2.43. The Morgan fingerprint density at radius 2 is 2.05 bits per heavy atom. The van der Waals surface area contributed by atoms with E-state index in [0.29, 0.717) is 11.3 Å². The van der Waals surface area contributed by atoms with Crippen LogP contribution in [0.3, 0.4) is 0 Å². The van der Waals surface area contributed by atoms with Gasteiger partial charge in [-0.3, -0.25) is 9.59 Å². The lowest BCUT2D eigenvalue weighted by Crippen LogP contribution is -2.09. The van der Waals surface area contributed by atoms with Gasteiger partial charge in [-0.15, -0.1) is 0 Å². The van der Waals surface area contributed by atoms with Gasteiger partial charge in [0.1, 0.15) is 5.78 Å². The number of hydrogen-bond acceptors (Lipinski definition) is 5. The molecule has 0 aliphatic carbocycles. The highest BCUT2D eigenvalue weighted by atomic mass is 16.5. The van der Waals surface area contributed by atoms with E-state index in [2.05, 4.69) is 5.32 Å². The van der Waals surface area contributed by atoms with Gasteiger partial charge in [0, 0.05) is 17.7 Å². The number of hydrogen-bond donors (Lipinski definition) is 1. The van der Waals surface area contributed by atoms with Crippen LogP contribution in [0.25, 0.3) is 0 Å². The van der Waals surface area contributed by atoms with Crippen molar-refractivity contribution in [3.8, 4) is 0 Å². The molecular weight excluding hydrogens is 246 g/mol. The SMILES string of the molecule is CC(=O)CCOC(=O)/C=C1\Nc2ccccc2C1=O. The lowest BCUT2D eigenvalue weighted by atomic mass is 10.1. The second-order valence-corrected chi connectivity index (χ2v) is 4.18. The molecule has 0 spiro atoms. The molecule has 5 nitrogen and oxygen atoms in total. The molecule has 0 radical (unpaired) electrons. The number of benzene rings is 1. The molecule has 0 unspecified atom stereocenters. The number of nitrogens with one attached hydrogen (secondary N) is 1. The second kappa shape index (κ2) is 5.48. The molecule has 0 aromatic heterocycles. The van der Waals surface area contributed by atoms with Crippen LogP contribution in [0.15, 0.2) is 36.0 Å². The molecule has 5 heteroatoms. The number of carbonyl (C=O) groups is 3. The van der Waals surface area contributed by atoms with Crippen LogP contribution < -0.4 is 5.32 Å². The molecule has 0 fully saturated rings. The Balaban J connectivity index is 2.00. The van der Waals surface area contributed by atoms with Gasteiger partial charge >= 0.3 is 5.97 Å². The van der Waals surface area contributed by atoms with Crippen molar-refractivity contribution in [1.29, 1.82) is 0 Å². The molecule has 19 heavy (non-hydrogen) atoms. The van der Waals surface area contributed by atoms with Crippen molar-refractivity contribution in [2.24, 2.45) is 0 Å². The van der Waals surface area contributed by atoms with Crippen LogP contribution in [-0.2, 0) is 14.3 Å². The molecule has 0 saturated heterocycles. The second-order valence-electron chi connectivity index (χ2n) is 4.18. The third kappa shape index (κ3) is 3.07. The van der Waals surface area contributed by atoms with Crippen molar-refractivity contribution in [1.82, 2.24) is 0 Å². The third-order valence-electron chi connectivity index (χ3n) is 2.65. The van der Waals surface area contributed by atoms with E-state index in [4.69, 9.17) is 4.74 Å². The van der Waals surface area contributed by atoms with Gasteiger partial charge in [-0.1, -0.05) is 12.1 Å². The van der Waals surface area contributed by atoms with E-state index in [0.717, 1.165) is 6.08 Å². The third-order valence-corrected chi connectivity index (χ3v) is 2.65. The summed E-state index contributed by atoms with van der Waals surface area (Å²) in [6.07, 6.45) is 1.29. The maximum absolute atomic E-state index is 11.9. The first-order chi connectivity index (χ1) is 9.08. The summed E-state index contributed by atoms with van der Waals surface area (Å²) in [4.78, 5) is 34.1. The minimum atomic E-state index is -0.634. The summed E-state index contributed by atoms with van der Waals surface area (Å²) >= 11 is 0. The molecule has 1 heterocycles. The number of carbonyl (C=O) groups excluding carboxylic acids is 3. The molecule has 98 valence electrons. The molecule has 1 aromatic rings. The van der Waals surface area contributed by atoms with Gasteiger partial charge in [0.15, 0.2) is 0 Å². The van der Waals surface area contributed by atoms with Gasteiger partial charge in [-0.05, 0) is 19.1 Å². The minimum absolute atomic E-state index is 0.0269. The molecule has 1 aromatic carbocycles. The van der Waals surface area contributed by atoms with Gasteiger partial charge in [0.05, 0.1) is 18.4 Å². The summed E-state index contributed by atoms with van der Waals surface area (Å²) in [5.41, 5.74) is 1.40. The first-order valence-electron chi connectivity index (χ1n) is 5.86. The zero-order valence-electron chi connectivity index (χ0n) is 10.4. The van der Waals surface area contributed by atoms with E-state index in [1.165, 1.54) is 6.92 Å². The lowest BCUT2D eigenvalue weighted by Gasteiger charge is -2.01. The van der Waals surface area contributed by atoms with Crippen molar-refractivity contribution < 1.29 is 19.1 Å². The highest BCUT2D eigenvalue weighted by Gasteiger charge is 2.24. The van der Waals surface area contributed by atoms with Crippen LogP contribution in [0.2, 0.25) is 0 Å². The van der Waals surface area contributed by atoms with E-state index in [1.807, 2.05) is 0 Å². The largest absolute Gasteiger partial charge is 0.462 e. The predicted molar refractivity (Wildman–Crippen MR) is 68.7 cm³/mol. The first kappa shape index (κ1) is 13.0. The summed E-state index contributed by atoms with van der Waals surface area (Å²) in [7, 11) is 0. The average molecular weight is 259 g/mol. The van der Waals surface area contributed by atoms with Gasteiger partial charge in [0.2, 0.25) is 5.78 Å². The molecule has 0 saturated carbocycles. The number of ketones is 2. The Morgan fingerprint density at radius 1 is 1.32 bits per heavy atom. The molecule has 0 atom stereocenters. The highest BCUT2D eigenvalue weighted by molar-refractivity contribution is 6.20.